The number of hydrogen-bond donors (Lipinski definition) is 3. The quantitative estimate of drug-likeness (QED) is 0.265. The maximum atomic E-state index is 13.6. The Bertz CT molecular complexity index is 1840. The Morgan fingerprint density at radius 3 is 2.49 bits per heavy atom. The first-order valence-electron chi connectivity index (χ1n) is 13.3. The molecule has 210 valence electrons. The van der Waals surface area contributed by atoms with Crippen LogP contribution in [-0.2, 0) is 22.6 Å². The van der Waals surface area contributed by atoms with E-state index in [1.165, 1.54) is 0 Å². The van der Waals surface area contributed by atoms with Crippen molar-refractivity contribution in [1.29, 1.82) is 0 Å². The van der Waals surface area contributed by atoms with Gasteiger partial charge in [-0.05, 0) is 60.8 Å². The number of nitrogens with zero attached hydrogens (tertiary/aromatic N) is 3. The minimum Gasteiger partial charge on any atom is -0.481 e. The summed E-state index contributed by atoms with van der Waals surface area (Å²) in [4.78, 5) is 44.4. The van der Waals surface area contributed by atoms with Gasteiger partial charge in [-0.3, -0.25) is 14.4 Å². The molecule has 6 rings (SSSR count). The summed E-state index contributed by atoms with van der Waals surface area (Å²) in [5.74, 6) is -0.845. The lowest BCUT2D eigenvalue weighted by atomic mass is 10.0. The number of H-pyrrole nitrogens is 1. The molecule has 1 aliphatic heterocycles. The number of carbonyl (C=O) groups excluding carboxylic acids is 1. The molecule has 10 heteroatoms. The standard InChI is InChI=1S/C29H26ClN5O2.C2H4O2/c1-17(36)34-14-11-19-15-22-23(16-25(19)34)33-29(37)27(32-22)26-21-5-2-3-6-24(21)35(13-4-12-31)28(26)18-7-9-20(30)10-8-18;1-2(3)4/h2-3,5-10,15-16H,4,11-14,31H2,1H3,(H,33,37);1H3,(H,3,4). The minimum atomic E-state index is -0.833. The maximum absolute atomic E-state index is 13.6. The van der Waals surface area contributed by atoms with Gasteiger partial charge in [-0.15, -0.1) is 0 Å². The molecule has 3 aromatic carbocycles. The highest BCUT2D eigenvalue weighted by Crippen LogP contribution is 2.40. The third-order valence-electron chi connectivity index (χ3n) is 7.08. The summed E-state index contributed by atoms with van der Waals surface area (Å²) >= 11 is 6.21. The van der Waals surface area contributed by atoms with Crippen LogP contribution in [-0.4, -0.2) is 44.6 Å². The van der Waals surface area contributed by atoms with Crippen LogP contribution >= 0.6 is 11.6 Å². The molecule has 1 amide bonds. The van der Waals surface area contributed by atoms with Crippen molar-refractivity contribution in [2.45, 2.75) is 33.2 Å². The Labute approximate surface area is 241 Å². The molecule has 0 saturated carbocycles. The number of carboxylic acid groups (broad SMARTS) is 1. The number of carbonyl (C=O) groups is 2. The number of para-hydroxylation sites is 1. The van der Waals surface area contributed by atoms with Gasteiger partial charge in [-0.25, -0.2) is 4.98 Å². The fourth-order valence-electron chi connectivity index (χ4n) is 5.40. The van der Waals surface area contributed by atoms with E-state index in [1.807, 2.05) is 54.6 Å². The van der Waals surface area contributed by atoms with E-state index in [0.717, 1.165) is 58.7 Å². The molecule has 0 spiro atoms. The number of aromatic amines is 1. The van der Waals surface area contributed by atoms with E-state index in [0.29, 0.717) is 41.4 Å². The van der Waals surface area contributed by atoms with Crippen molar-refractivity contribution in [2.75, 3.05) is 18.0 Å². The molecule has 2 aromatic heterocycles. The Balaban J connectivity index is 0.000000794. The number of amides is 1. The van der Waals surface area contributed by atoms with Gasteiger partial charge in [0.2, 0.25) is 5.91 Å². The van der Waals surface area contributed by atoms with Gasteiger partial charge in [0.1, 0.15) is 5.69 Å². The number of fused-ring (bicyclic) bond motifs is 3. The molecule has 0 bridgehead atoms. The maximum Gasteiger partial charge on any atom is 0.300 e. The fourth-order valence-corrected chi connectivity index (χ4v) is 5.52. The second-order valence-corrected chi connectivity index (χ2v) is 10.3. The highest BCUT2D eigenvalue weighted by atomic mass is 35.5. The van der Waals surface area contributed by atoms with Crippen LogP contribution in [0.15, 0.2) is 65.5 Å². The number of aromatic nitrogens is 3. The van der Waals surface area contributed by atoms with E-state index in [4.69, 9.17) is 32.2 Å². The number of rotatable bonds is 5. The Hall–Kier alpha value is -4.47. The lowest BCUT2D eigenvalue weighted by molar-refractivity contribution is -0.134. The van der Waals surface area contributed by atoms with Crippen LogP contribution in [0.4, 0.5) is 5.69 Å². The highest BCUT2D eigenvalue weighted by Gasteiger charge is 2.26. The predicted molar refractivity (Wildman–Crippen MR) is 162 cm³/mol. The van der Waals surface area contributed by atoms with Crippen LogP contribution in [0.2, 0.25) is 5.02 Å². The molecule has 0 radical (unpaired) electrons. The van der Waals surface area contributed by atoms with Gasteiger partial charge in [-0.1, -0.05) is 41.9 Å². The molecule has 0 atom stereocenters. The van der Waals surface area contributed by atoms with Gasteiger partial charge in [0.25, 0.3) is 11.5 Å². The van der Waals surface area contributed by atoms with Gasteiger partial charge in [0, 0.05) is 54.1 Å². The fraction of sp³-hybridized carbons (Fsp3) is 0.226. The van der Waals surface area contributed by atoms with Crippen LogP contribution in [0.3, 0.4) is 0 Å². The molecule has 0 aliphatic carbocycles. The smallest absolute Gasteiger partial charge is 0.300 e. The van der Waals surface area contributed by atoms with E-state index in [9.17, 15) is 9.59 Å². The van der Waals surface area contributed by atoms with E-state index in [-0.39, 0.29) is 11.5 Å². The monoisotopic (exact) mass is 571 g/mol. The van der Waals surface area contributed by atoms with Crippen molar-refractivity contribution in [3.8, 4) is 22.5 Å². The second-order valence-electron chi connectivity index (χ2n) is 9.89. The van der Waals surface area contributed by atoms with E-state index in [1.54, 1.807) is 11.8 Å². The molecule has 0 saturated heterocycles. The molecule has 0 unspecified atom stereocenters. The second kappa shape index (κ2) is 11.6. The topological polar surface area (TPSA) is 134 Å². The van der Waals surface area contributed by atoms with Crippen molar-refractivity contribution < 1.29 is 14.7 Å². The number of hydrogen-bond acceptors (Lipinski definition) is 5. The van der Waals surface area contributed by atoms with E-state index >= 15 is 0 Å². The summed E-state index contributed by atoms with van der Waals surface area (Å²) in [5.41, 5.74) is 12.8. The number of anilines is 1. The molecule has 4 N–H and O–H groups in total. The highest BCUT2D eigenvalue weighted by molar-refractivity contribution is 6.30. The molecular weight excluding hydrogens is 542 g/mol. The van der Waals surface area contributed by atoms with E-state index in [2.05, 4.69) is 15.6 Å². The van der Waals surface area contributed by atoms with Gasteiger partial charge >= 0.3 is 0 Å². The van der Waals surface area contributed by atoms with Gasteiger partial charge < -0.3 is 25.3 Å². The summed E-state index contributed by atoms with van der Waals surface area (Å²) in [6, 6.07) is 19.6. The first-order valence-corrected chi connectivity index (χ1v) is 13.7. The normalized spacial score (nSPS) is 12.3. The van der Waals surface area contributed by atoms with Crippen molar-refractivity contribution in [2.24, 2.45) is 5.73 Å². The average molecular weight is 572 g/mol. The number of nitrogens with two attached hydrogens (primary N) is 1. The third-order valence-corrected chi connectivity index (χ3v) is 7.33. The Morgan fingerprint density at radius 1 is 1.10 bits per heavy atom. The van der Waals surface area contributed by atoms with Gasteiger partial charge in [0.15, 0.2) is 0 Å². The Morgan fingerprint density at radius 2 is 1.80 bits per heavy atom. The van der Waals surface area contributed by atoms with Crippen molar-refractivity contribution in [3.05, 3.63) is 81.6 Å². The van der Waals surface area contributed by atoms with Crippen molar-refractivity contribution >= 4 is 51.1 Å². The molecule has 3 heterocycles. The third kappa shape index (κ3) is 5.46. The summed E-state index contributed by atoms with van der Waals surface area (Å²) < 4.78 is 2.22. The lowest BCUT2D eigenvalue weighted by Gasteiger charge is -2.15. The summed E-state index contributed by atoms with van der Waals surface area (Å²) in [6.07, 6.45) is 1.55. The molecule has 41 heavy (non-hydrogen) atoms. The molecule has 5 aromatic rings. The molecule has 9 nitrogen and oxygen atoms in total. The molecule has 1 aliphatic rings. The van der Waals surface area contributed by atoms with Crippen LogP contribution in [0.5, 0.6) is 0 Å². The summed E-state index contributed by atoms with van der Waals surface area (Å²) in [7, 11) is 0. The van der Waals surface area contributed by atoms with Crippen LogP contribution in [0.1, 0.15) is 25.8 Å². The number of aryl methyl sites for hydroxylation is 1. The average Bonchev–Trinajstić information content (AvgIpc) is 3.49. The predicted octanol–water partition coefficient (Wildman–Crippen LogP) is 5.21. The number of aliphatic carboxylic acids is 1. The first kappa shape index (κ1) is 28.1. The van der Waals surface area contributed by atoms with Crippen molar-refractivity contribution in [1.82, 2.24) is 14.5 Å². The largest absolute Gasteiger partial charge is 0.481 e. The number of nitrogens with one attached hydrogen (secondary N) is 1. The van der Waals surface area contributed by atoms with E-state index < -0.39 is 5.97 Å². The van der Waals surface area contributed by atoms with Crippen LogP contribution < -0.4 is 16.2 Å². The van der Waals surface area contributed by atoms with Crippen molar-refractivity contribution in [3.63, 3.8) is 0 Å². The Kier molecular flexibility index (Phi) is 7.92. The zero-order valence-electron chi connectivity index (χ0n) is 22.8. The summed E-state index contributed by atoms with van der Waals surface area (Å²) in [5, 5.41) is 9.01. The van der Waals surface area contributed by atoms with Gasteiger partial charge in [-0.2, -0.15) is 0 Å². The SMILES string of the molecule is CC(=O)N1CCc2cc3nc(-c4c(-c5ccc(Cl)cc5)n(CCCN)c5ccccc45)c(=O)[nH]c3cc21.CC(=O)O. The van der Waals surface area contributed by atoms with Crippen LogP contribution in [0, 0.1) is 0 Å². The summed E-state index contributed by atoms with van der Waals surface area (Å²) in [6.45, 7) is 4.53. The first-order chi connectivity index (χ1) is 19.7. The zero-order valence-corrected chi connectivity index (χ0v) is 23.5. The number of benzene rings is 3. The number of halogens is 1. The minimum absolute atomic E-state index is 0.0112. The van der Waals surface area contributed by atoms with Gasteiger partial charge in [0.05, 0.1) is 16.7 Å². The zero-order chi connectivity index (χ0) is 29.3. The lowest BCUT2D eigenvalue weighted by Crippen LogP contribution is -2.25. The molecular formula is C31H30ClN5O4. The number of carboxylic acids is 1. The molecule has 0 fully saturated rings. The van der Waals surface area contributed by atoms with Crippen LogP contribution in [0.25, 0.3) is 44.5 Å².